The highest BCUT2D eigenvalue weighted by Crippen LogP contribution is 2.12. The summed E-state index contributed by atoms with van der Waals surface area (Å²) in [7, 11) is -3.85. The number of primary amides is 1. The standard InChI is InChI=1S/C16H16ClN3O4S/c17-13-5-1-11(2-6-13)9-19-16(22)12-3-7-14(8-4-12)25(23,24)20-10-15(18)21/h1-8,20H,9-10H2,(H2,18,21)(H,19,22). The Labute approximate surface area is 150 Å². The van der Waals surface area contributed by atoms with Gasteiger partial charge in [0.25, 0.3) is 5.91 Å². The second-order valence-electron chi connectivity index (χ2n) is 5.12. The molecule has 0 saturated carbocycles. The van der Waals surface area contributed by atoms with Crippen molar-refractivity contribution in [3.8, 4) is 0 Å². The number of hydrogen-bond acceptors (Lipinski definition) is 4. The van der Waals surface area contributed by atoms with E-state index >= 15 is 0 Å². The molecule has 4 N–H and O–H groups in total. The summed E-state index contributed by atoms with van der Waals surface area (Å²) in [5.41, 5.74) is 6.10. The maximum Gasteiger partial charge on any atom is 0.251 e. The second kappa shape index (κ2) is 8.11. The molecule has 0 unspecified atom stereocenters. The van der Waals surface area contributed by atoms with E-state index in [2.05, 4.69) is 10.0 Å². The average Bonchev–Trinajstić information content (AvgIpc) is 2.59. The van der Waals surface area contributed by atoms with Gasteiger partial charge in [-0.25, -0.2) is 13.1 Å². The summed E-state index contributed by atoms with van der Waals surface area (Å²) in [6.45, 7) is -0.179. The molecule has 9 heteroatoms. The first kappa shape index (κ1) is 18.9. The Morgan fingerprint density at radius 3 is 2.16 bits per heavy atom. The first-order chi connectivity index (χ1) is 11.8. The highest BCUT2D eigenvalue weighted by Gasteiger charge is 2.15. The topological polar surface area (TPSA) is 118 Å². The first-order valence-electron chi connectivity index (χ1n) is 7.18. The van der Waals surface area contributed by atoms with Crippen LogP contribution in [0.1, 0.15) is 15.9 Å². The lowest BCUT2D eigenvalue weighted by Gasteiger charge is -2.08. The van der Waals surface area contributed by atoms with Gasteiger partial charge in [0, 0.05) is 17.1 Å². The van der Waals surface area contributed by atoms with Gasteiger partial charge >= 0.3 is 0 Å². The van der Waals surface area contributed by atoms with Crippen molar-refractivity contribution in [2.24, 2.45) is 5.73 Å². The van der Waals surface area contributed by atoms with Gasteiger partial charge in [0.05, 0.1) is 11.4 Å². The van der Waals surface area contributed by atoms with E-state index in [0.29, 0.717) is 17.1 Å². The molecule has 0 aliphatic heterocycles. The van der Waals surface area contributed by atoms with Crippen molar-refractivity contribution in [3.05, 3.63) is 64.7 Å². The van der Waals surface area contributed by atoms with E-state index in [1.54, 1.807) is 24.3 Å². The Balaban J connectivity index is 2.00. The first-order valence-corrected chi connectivity index (χ1v) is 9.05. The highest BCUT2D eigenvalue weighted by molar-refractivity contribution is 7.89. The molecule has 0 atom stereocenters. The van der Waals surface area contributed by atoms with E-state index < -0.39 is 22.5 Å². The predicted octanol–water partition coefficient (Wildman–Crippen LogP) is 1.03. The molecule has 0 fully saturated rings. The Bertz CT molecular complexity index is 865. The molecule has 0 aromatic heterocycles. The smallest absolute Gasteiger partial charge is 0.251 e. The lowest BCUT2D eigenvalue weighted by atomic mass is 10.2. The third kappa shape index (κ3) is 5.56. The number of sulfonamides is 1. The van der Waals surface area contributed by atoms with Crippen molar-refractivity contribution >= 4 is 33.4 Å². The van der Waals surface area contributed by atoms with Gasteiger partial charge in [-0.3, -0.25) is 9.59 Å². The summed E-state index contributed by atoms with van der Waals surface area (Å²) < 4.78 is 25.9. The predicted molar refractivity (Wildman–Crippen MR) is 93.4 cm³/mol. The van der Waals surface area contributed by atoms with Crippen LogP contribution in [0.2, 0.25) is 5.02 Å². The number of halogens is 1. The van der Waals surface area contributed by atoms with Crippen LogP contribution in [0.5, 0.6) is 0 Å². The van der Waals surface area contributed by atoms with Crippen molar-refractivity contribution in [2.75, 3.05) is 6.54 Å². The molecular formula is C16H16ClN3O4S. The van der Waals surface area contributed by atoms with Crippen LogP contribution in [0, 0.1) is 0 Å². The zero-order valence-electron chi connectivity index (χ0n) is 13.0. The van der Waals surface area contributed by atoms with Crippen LogP contribution >= 0.6 is 11.6 Å². The normalized spacial score (nSPS) is 11.1. The molecular weight excluding hydrogens is 366 g/mol. The average molecular weight is 382 g/mol. The molecule has 2 aromatic rings. The number of nitrogens with one attached hydrogen (secondary N) is 2. The molecule has 0 saturated heterocycles. The summed E-state index contributed by atoms with van der Waals surface area (Å²) in [4.78, 5) is 22.7. The number of carbonyl (C=O) groups excluding carboxylic acids is 2. The fraction of sp³-hybridized carbons (Fsp3) is 0.125. The van der Waals surface area contributed by atoms with Crippen molar-refractivity contribution in [1.82, 2.24) is 10.0 Å². The van der Waals surface area contributed by atoms with E-state index in [0.717, 1.165) is 5.56 Å². The number of rotatable bonds is 7. The number of hydrogen-bond donors (Lipinski definition) is 3. The number of nitrogens with two attached hydrogens (primary N) is 1. The van der Waals surface area contributed by atoms with Crippen molar-refractivity contribution in [2.45, 2.75) is 11.4 Å². The van der Waals surface area contributed by atoms with Gasteiger partial charge in [-0.05, 0) is 42.0 Å². The van der Waals surface area contributed by atoms with Crippen molar-refractivity contribution < 1.29 is 18.0 Å². The van der Waals surface area contributed by atoms with Gasteiger partial charge in [0.1, 0.15) is 0 Å². The summed E-state index contributed by atoms with van der Waals surface area (Å²) in [5, 5.41) is 3.33. The molecule has 0 aliphatic carbocycles. The molecule has 7 nitrogen and oxygen atoms in total. The minimum absolute atomic E-state index is 0.0667. The number of amides is 2. The lowest BCUT2D eigenvalue weighted by molar-refractivity contribution is -0.116. The fourth-order valence-electron chi connectivity index (χ4n) is 1.92. The molecule has 2 rings (SSSR count). The molecule has 0 radical (unpaired) electrons. The third-order valence-corrected chi connectivity index (χ3v) is 4.90. The Kier molecular flexibility index (Phi) is 6.13. The summed E-state index contributed by atoms with van der Waals surface area (Å²) in [6, 6.07) is 12.4. The second-order valence-corrected chi connectivity index (χ2v) is 7.33. The van der Waals surface area contributed by atoms with E-state index in [-0.39, 0.29) is 10.8 Å². The van der Waals surface area contributed by atoms with E-state index in [4.69, 9.17) is 17.3 Å². The van der Waals surface area contributed by atoms with Crippen LogP contribution in [0.25, 0.3) is 0 Å². The van der Waals surface area contributed by atoms with Gasteiger partial charge in [0.2, 0.25) is 15.9 Å². The van der Waals surface area contributed by atoms with Crippen LogP contribution in [0.3, 0.4) is 0 Å². The van der Waals surface area contributed by atoms with Gasteiger partial charge in [-0.2, -0.15) is 0 Å². The minimum atomic E-state index is -3.85. The molecule has 2 amide bonds. The van der Waals surface area contributed by atoms with Crippen LogP contribution in [-0.4, -0.2) is 26.8 Å². The quantitative estimate of drug-likeness (QED) is 0.663. The van der Waals surface area contributed by atoms with Crippen molar-refractivity contribution in [3.63, 3.8) is 0 Å². The molecule has 132 valence electrons. The zero-order valence-corrected chi connectivity index (χ0v) is 14.6. The van der Waals surface area contributed by atoms with Crippen LogP contribution < -0.4 is 15.8 Å². The van der Waals surface area contributed by atoms with Gasteiger partial charge in [0.15, 0.2) is 0 Å². The summed E-state index contributed by atoms with van der Waals surface area (Å²) in [5.74, 6) is -1.13. The molecule has 0 heterocycles. The van der Waals surface area contributed by atoms with E-state index in [1.807, 2.05) is 0 Å². The van der Waals surface area contributed by atoms with E-state index in [1.165, 1.54) is 24.3 Å². The van der Waals surface area contributed by atoms with Crippen LogP contribution in [-0.2, 0) is 21.4 Å². The maximum atomic E-state index is 12.1. The Hall–Kier alpha value is -2.42. The van der Waals surface area contributed by atoms with E-state index in [9.17, 15) is 18.0 Å². The summed E-state index contributed by atoms with van der Waals surface area (Å²) >= 11 is 5.79. The largest absolute Gasteiger partial charge is 0.369 e. The molecule has 0 aliphatic rings. The highest BCUT2D eigenvalue weighted by atomic mass is 35.5. The van der Waals surface area contributed by atoms with Crippen LogP contribution in [0.15, 0.2) is 53.4 Å². The Morgan fingerprint density at radius 1 is 1.00 bits per heavy atom. The zero-order chi connectivity index (χ0) is 18.4. The summed E-state index contributed by atoms with van der Waals surface area (Å²) in [6.07, 6.45) is 0. The lowest BCUT2D eigenvalue weighted by Crippen LogP contribution is -2.33. The Morgan fingerprint density at radius 2 is 1.60 bits per heavy atom. The fourth-order valence-corrected chi connectivity index (χ4v) is 3.04. The third-order valence-electron chi connectivity index (χ3n) is 3.23. The maximum absolute atomic E-state index is 12.1. The SMILES string of the molecule is NC(=O)CNS(=O)(=O)c1ccc(C(=O)NCc2ccc(Cl)cc2)cc1. The minimum Gasteiger partial charge on any atom is -0.369 e. The molecule has 25 heavy (non-hydrogen) atoms. The van der Waals surface area contributed by atoms with Gasteiger partial charge in [-0.1, -0.05) is 23.7 Å². The molecule has 2 aromatic carbocycles. The number of benzene rings is 2. The molecule has 0 spiro atoms. The van der Waals surface area contributed by atoms with Gasteiger partial charge < -0.3 is 11.1 Å². The molecule has 0 bridgehead atoms. The van der Waals surface area contributed by atoms with Gasteiger partial charge in [-0.15, -0.1) is 0 Å². The van der Waals surface area contributed by atoms with Crippen LogP contribution in [0.4, 0.5) is 0 Å². The number of carbonyl (C=O) groups is 2. The van der Waals surface area contributed by atoms with Crippen molar-refractivity contribution in [1.29, 1.82) is 0 Å². The monoisotopic (exact) mass is 381 g/mol.